The van der Waals surface area contributed by atoms with E-state index in [9.17, 15) is 0 Å². The van der Waals surface area contributed by atoms with Crippen LogP contribution in [-0.4, -0.2) is 11.3 Å². The molecule has 0 spiro atoms. The maximum absolute atomic E-state index is 8.94. The van der Waals surface area contributed by atoms with Crippen LogP contribution in [0.2, 0.25) is 0 Å². The average Bonchev–Trinajstić information content (AvgIpc) is 2.56. The fourth-order valence-electron chi connectivity index (χ4n) is 2.35. The molecule has 0 radical (unpaired) electrons. The Morgan fingerprint density at radius 1 is 0.667 bits per heavy atom. The molecule has 0 rings (SSSR count). The summed E-state index contributed by atoms with van der Waals surface area (Å²) >= 11 is 0. The van der Waals surface area contributed by atoms with Gasteiger partial charge in [-0.3, -0.25) is 0 Å². The Bertz CT molecular complexity index is 353. The molecule has 0 aliphatic rings. The molecule has 3 N–H and O–H groups in total. The summed E-state index contributed by atoms with van der Waals surface area (Å²) in [6.07, 6.45) is 30.9. The SMILES string of the molecule is CCCCC/C=C\C/C=C\C/C=C\C/C=C\CCCCCC(N)O. The summed E-state index contributed by atoms with van der Waals surface area (Å²) in [4.78, 5) is 0. The second kappa shape index (κ2) is 19.9. The lowest BCUT2D eigenvalue weighted by atomic mass is 10.1. The highest BCUT2D eigenvalue weighted by Crippen LogP contribution is 2.05. The second-order valence-corrected chi connectivity index (χ2v) is 6.29. The number of hydrogen-bond acceptors (Lipinski definition) is 2. The molecular weight excluding hydrogens is 294 g/mol. The van der Waals surface area contributed by atoms with Gasteiger partial charge in [-0.1, -0.05) is 74.8 Å². The first kappa shape index (κ1) is 22.9. The highest BCUT2D eigenvalue weighted by Gasteiger charge is 1.94. The van der Waals surface area contributed by atoms with Crippen LogP contribution in [0.4, 0.5) is 0 Å². The van der Waals surface area contributed by atoms with Crippen LogP contribution in [-0.2, 0) is 0 Å². The monoisotopic (exact) mass is 333 g/mol. The third-order valence-electron chi connectivity index (χ3n) is 3.83. The zero-order valence-electron chi connectivity index (χ0n) is 15.7. The van der Waals surface area contributed by atoms with Crippen LogP contribution in [0.5, 0.6) is 0 Å². The van der Waals surface area contributed by atoms with E-state index in [1.807, 2.05) is 0 Å². The van der Waals surface area contributed by atoms with Gasteiger partial charge in [-0.05, 0) is 57.8 Å². The standard InChI is InChI=1S/C22H39NO/c1-2-3-4-5-6-7-8-9-10-11-12-13-14-15-16-17-18-19-20-21-22(23)24/h6-7,9-10,12-13,15-16,22,24H,2-5,8,11,14,17-21,23H2,1H3/b7-6-,10-9-,13-12-,16-15-. The molecule has 0 bridgehead atoms. The van der Waals surface area contributed by atoms with Crippen LogP contribution >= 0.6 is 0 Å². The first-order valence-corrected chi connectivity index (χ1v) is 9.81. The second-order valence-electron chi connectivity index (χ2n) is 6.29. The molecule has 0 aliphatic carbocycles. The van der Waals surface area contributed by atoms with Gasteiger partial charge in [-0.25, -0.2) is 0 Å². The molecule has 0 fully saturated rings. The van der Waals surface area contributed by atoms with Gasteiger partial charge >= 0.3 is 0 Å². The molecule has 0 heterocycles. The number of unbranched alkanes of at least 4 members (excludes halogenated alkanes) is 6. The van der Waals surface area contributed by atoms with Gasteiger partial charge in [0.05, 0.1) is 0 Å². The van der Waals surface area contributed by atoms with Gasteiger partial charge < -0.3 is 10.8 Å². The summed E-state index contributed by atoms with van der Waals surface area (Å²) < 4.78 is 0. The van der Waals surface area contributed by atoms with Crippen LogP contribution < -0.4 is 5.73 Å². The number of allylic oxidation sites excluding steroid dienone is 8. The lowest BCUT2D eigenvalue weighted by Crippen LogP contribution is -2.17. The van der Waals surface area contributed by atoms with E-state index in [0.29, 0.717) is 6.42 Å². The third-order valence-corrected chi connectivity index (χ3v) is 3.83. The van der Waals surface area contributed by atoms with Crippen LogP contribution in [0, 0.1) is 0 Å². The van der Waals surface area contributed by atoms with Crippen LogP contribution in [0.25, 0.3) is 0 Å². The summed E-state index contributed by atoms with van der Waals surface area (Å²) in [5.41, 5.74) is 5.29. The van der Waals surface area contributed by atoms with Crippen LogP contribution in [0.15, 0.2) is 48.6 Å². The minimum atomic E-state index is -0.637. The van der Waals surface area contributed by atoms with Gasteiger partial charge in [0.2, 0.25) is 0 Å². The first-order chi connectivity index (χ1) is 11.8. The van der Waals surface area contributed by atoms with Crippen molar-refractivity contribution in [2.24, 2.45) is 5.73 Å². The predicted molar refractivity (Wildman–Crippen MR) is 108 cm³/mol. The zero-order valence-corrected chi connectivity index (χ0v) is 15.7. The van der Waals surface area contributed by atoms with Crippen molar-refractivity contribution in [3.05, 3.63) is 48.6 Å². The highest BCUT2D eigenvalue weighted by molar-refractivity contribution is 4.99. The number of aliphatic hydroxyl groups excluding tert-OH is 1. The lowest BCUT2D eigenvalue weighted by molar-refractivity contribution is 0.168. The lowest BCUT2D eigenvalue weighted by Gasteiger charge is -2.02. The largest absolute Gasteiger partial charge is 0.379 e. The average molecular weight is 334 g/mol. The van der Waals surface area contributed by atoms with Gasteiger partial charge in [-0.2, -0.15) is 0 Å². The number of nitrogens with two attached hydrogens (primary N) is 1. The van der Waals surface area contributed by atoms with Crippen molar-refractivity contribution >= 4 is 0 Å². The Kier molecular flexibility index (Phi) is 19.0. The summed E-state index contributed by atoms with van der Waals surface area (Å²) in [6, 6.07) is 0. The molecule has 0 saturated heterocycles. The maximum atomic E-state index is 8.94. The van der Waals surface area contributed by atoms with Gasteiger partial charge in [0, 0.05) is 0 Å². The predicted octanol–water partition coefficient (Wildman–Crippen LogP) is 6.19. The van der Waals surface area contributed by atoms with Crippen molar-refractivity contribution in [1.82, 2.24) is 0 Å². The molecule has 2 heteroatoms. The van der Waals surface area contributed by atoms with E-state index in [0.717, 1.165) is 38.5 Å². The van der Waals surface area contributed by atoms with E-state index in [4.69, 9.17) is 10.8 Å². The normalized spacial score (nSPS) is 14.0. The van der Waals surface area contributed by atoms with Crippen molar-refractivity contribution < 1.29 is 5.11 Å². The molecule has 1 atom stereocenters. The molecule has 0 saturated carbocycles. The quantitative estimate of drug-likeness (QED) is 0.201. The van der Waals surface area contributed by atoms with Gasteiger partial charge in [-0.15, -0.1) is 0 Å². The molecule has 0 aliphatic heterocycles. The number of rotatable bonds is 16. The molecule has 1 unspecified atom stereocenters. The van der Waals surface area contributed by atoms with E-state index < -0.39 is 6.23 Å². The Balaban J connectivity index is 3.36. The fourth-order valence-corrected chi connectivity index (χ4v) is 2.35. The minimum Gasteiger partial charge on any atom is -0.379 e. The van der Waals surface area contributed by atoms with Crippen LogP contribution in [0.1, 0.15) is 84.0 Å². The van der Waals surface area contributed by atoms with Crippen molar-refractivity contribution in [1.29, 1.82) is 0 Å². The topological polar surface area (TPSA) is 46.2 Å². The number of aliphatic hydroxyl groups is 1. The molecule has 0 aromatic rings. The van der Waals surface area contributed by atoms with Crippen molar-refractivity contribution in [3.8, 4) is 0 Å². The fraction of sp³-hybridized carbons (Fsp3) is 0.636. The third kappa shape index (κ3) is 20.9. The Morgan fingerprint density at radius 2 is 1.12 bits per heavy atom. The summed E-state index contributed by atoms with van der Waals surface area (Å²) in [5, 5.41) is 8.94. The highest BCUT2D eigenvalue weighted by atomic mass is 16.3. The minimum absolute atomic E-state index is 0.637. The van der Waals surface area contributed by atoms with Crippen molar-refractivity contribution in [2.45, 2.75) is 90.2 Å². The van der Waals surface area contributed by atoms with E-state index in [1.165, 1.54) is 32.1 Å². The molecule has 0 aromatic heterocycles. The molecule has 0 aromatic carbocycles. The zero-order chi connectivity index (χ0) is 17.7. The van der Waals surface area contributed by atoms with Gasteiger partial charge in [0.1, 0.15) is 6.23 Å². The van der Waals surface area contributed by atoms with Crippen LogP contribution in [0.3, 0.4) is 0 Å². The number of hydrogen-bond donors (Lipinski definition) is 2. The Hall–Kier alpha value is -1.12. The Morgan fingerprint density at radius 3 is 1.58 bits per heavy atom. The Labute approximate surface area is 150 Å². The summed E-state index contributed by atoms with van der Waals surface area (Å²) in [6.45, 7) is 2.24. The van der Waals surface area contributed by atoms with Gasteiger partial charge in [0.25, 0.3) is 0 Å². The van der Waals surface area contributed by atoms with Gasteiger partial charge in [0.15, 0.2) is 0 Å². The van der Waals surface area contributed by atoms with E-state index in [2.05, 4.69) is 55.5 Å². The van der Waals surface area contributed by atoms with E-state index in [-0.39, 0.29) is 0 Å². The van der Waals surface area contributed by atoms with Crippen molar-refractivity contribution in [2.75, 3.05) is 0 Å². The summed E-state index contributed by atoms with van der Waals surface area (Å²) in [5.74, 6) is 0. The van der Waals surface area contributed by atoms with Crippen molar-refractivity contribution in [3.63, 3.8) is 0 Å². The molecule has 24 heavy (non-hydrogen) atoms. The first-order valence-electron chi connectivity index (χ1n) is 9.81. The maximum Gasteiger partial charge on any atom is 0.102 e. The van der Waals surface area contributed by atoms with E-state index in [1.54, 1.807) is 0 Å². The smallest absolute Gasteiger partial charge is 0.102 e. The molecule has 0 amide bonds. The summed E-state index contributed by atoms with van der Waals surface area (Å²) in [7, 11) is 0. The molecule has 2 nitrogen and oxygen atoms in total. The van der Waals surface area contributed by atoms with E-state index >= 15 is 0 Å². The molecule has 138 valence electrons. The molecular formula is C22H39NO.